The van der Waals surface area contributed by atoms with Gasteiger partial charge in [0.25, 0.3) is 5.91 Å². The first-order valence-electron chi connectivity index (χ1n) is 7.94. The molecular formula is C19H20N2O3. The summed E-state index contributed by atoms with van der Waals surface area (Å²) < 4.78 is 5.40. The van der Waals surface area contributed by atoms with Gasteiger partial charge in [-0.15, -0.1) is 0 Å². The zero-order valence-corrected chi connectivity index (χ0v) is 13.8. The Bertz CT molecular complexity index is 773. The normalized spacial score (nSPS) is 17.3. The Morgan fingerprint density at radius 2 is 2.00 bits per heavy atom. The second kappa shape index (κ2) is 6.74. The van der Waals surface area contributed by atoms with Gasteiger partial charge in [0.05, 0.1) is 7.11 Å². The van der Waals surface area contributed by atoms with Crippen LogP contribution < -0.4 is 10.1 Å². The molecule has 1 fully saturated rings. The molecule has 2 aromatic carbocycles. The number of nitrogens with zero attached hydrogens (tertiary/aromatic N) is 1. The second-order valence-electron chi connectivity index (χ2n) is 5.75. The van der Waals surface area contributed by atoms with Crippen LogP contribution in [0.4, 0.5) is 0 Å². The van der Waals surface area contributed by atoms with Gasteiger partial charge in [0.15, 0.2) is 0 Å². The highest BCUT2D eigenvalue weighted by Crippen LogP contribution is 2.30. The number of methoxy groups -OCH3 is 1. The predicted octanol–water partition coefficient (Wildman–Crippen LogP) is 2.32. The third-order valence-electron chi connectivity index (χ3n) is 4.29. The number of hydrogen-bond donors (Lipinski definition) is 1. The minimum absolute atomic E-state index is 0.115. The number of piperazine rings is 1. The van der Waals surface area contributed by atoms with Crippen molar-refractivity contribution < 1.29 is 14.3 Å². The van der Waals surface area contributed by atoms with Gasteiger partial charge in [-0.25, -0.2) is 0 Å². The van der Waals surface area contributed by atoms with Crippen molar-refractivity contribution in [2.75, 3.05) is 20.2 Å². The molecule has 1 heterocycles. The van der Waals surface area contributed by atoms with Gasteiger partial charge >= 0.3 is 0 Å². The lowest BCUT2D eigenvalue weighted by atomic mass is 10.0. The van der Waals surface area contributed by atoms with Gasteiger partial charge in [-0.2, -0.15) is 0 Å². The molecule has 2 aromatic rings. The van der Waals surface area contributed by atoms with E-state index in [2.05, 4.69) is 5.32 Å². The summed E-state index contributed by atoms with van der Waals surface area (Å²) in [5.41, 5.74) is 2.41. The summed E-state index contributed by atoms with van der Waals surface area (Å²) in [6.07, 6.45) is 0. The molecular weight excluding hydrogens is 304 g/mol. The first-order valence-corrected chi connectivity index (χ1v) is 7.94. The zero-order chi connectivity index (χ0) is 17.1. The molecule has 5 nitrogen and oxygen atoms in total. The Morgan fingerprint density at radius 3 is 2.79 bits per heavy atom. The summed E-state index contributed by atoms with van der Waals surface area (Å²) in [5, 5.41) is 2.77. The Balaban J connectivity index is 1.93. The smallest absolute Gasteiger partial charge is 0.254 e. The van der Waals surface area contributed by atoms with E-state index in [4.69, 9.17) is 4.74 Å². The Morgan fingerprint density at radius 1 is 1.21 bits per heavy atom. The van der Waals surface area contributed by atoms with Gasteiger partial charge in [0, 0.05) is 24.2 Å². The molecule has 24 heavy (non-hydrogen) atoms. The topological polar surface area (TPSA) is 58.6 Å². The van der Waals surface area contributed by atoms with Gasteiger partial charge in [0.1, 0.15) is 11.8 Å². The quantitative estimate of drug-likeness (QED) is 0.943. The van der Waals surface area contributed by atoms with Crippen molar-refractivity contribution in [1.82, 2.24) is 10.2 Å². The van der Waals surface area contributed by atoms with Gasteiger partial charge in [0.2, 0.25) is 5.91 Å². The largest absolute Gasteiger partial charge is 0.496 e. The van der Waals surface area contributed by atoms with E-state index in [9.17, 15) is 9.59 Å². The summed E-state index contributed by atoms with van der Waals surface area (Å²) in [6, 6.07) is 14.7. The molecule has 1 N–H and O–H groups in total. The lowest BCUT2D eigenvalue weighted by molar-refractivity contribution is -0.127. The van der Waals surface area contributed by atoms with E-state index in [1.54, 1.807) is 25.0 Å². The standard InChI is InChI=1S/C19H20N2O3/c1-13-18(22)20-10-11-21(13)19(23)15-7-5-6-14(12-15)16-8-3-4-9-17(16)24-2/h3-9,12-13H,10-11H2,1-2H3,(H,20,22)/t13-/m1/s1. The molecule has 0 aliphatic carbocycles. The molecule has 0 unspecified atom stereocenters. The number of benzene rings is 2. The van der Waals surface area contributed by atoms with Crippen molar-refractivity contribution in [2.24, 2.45) is 0 Å². The molecule has 0 spiro atoms. The summed E-state index contributed by atoms with van der Waals surface area (Å²) in [6.45, 7) is 2.75. The highest BCUT2D eigenvalue weighted by atomic mass is 16.5. The number of nitrogens with one attached hydrogen (secondary N) is 1. The van der Waals surface area contributed by atoms with Gasteiger partial charge in [-0.05, 0) is 30.7 Å². The van der Waals surface area contributed by atoms with E-state index in [0.717, 1.165) is 16.9 Å². The highest BCUT2D eigenvalue weighted by Gasteiger charge is 2.29. The van der Waals surface area contributed by atoms with Crippen LogP contribution in [0.5, 0.6) is 5.75 Å². The minimum Gasteiger partial charge on any atom is -0.496 e. The summed E-state index contributed by atoms with van der Waals surface area (Å²) in [7, 11) is 1.63. The van der Waals surface area contributed by atoms with Crippen LogP contribution >= 0.6 is 0 Å². The molecule has 124 valence electrons. The number of rotatable bonds is 3. The fraction of sp³-hybridized carbons (Fsp3) is 0.263. The summed E-state index contributed by atoms with van der Waals surface area (Å²) in [4.78, 5) is 26.2. The monoisotopic (exact) mass is 324 g/mol. The van der Waals surface area contributed by atoms with Crippen LogP contribution in [0.3, 0.4) is 0 Å². The first kappa shape index (κ1) is 16.1. The fourth-order valence-corrected chi connectivity index (χ4v) is 2.93. The molecule has 3 rings (SSSR count). The average molecular weight is 324 g/mol. The van der Waals surface area contributed by atoms with Crippen molar-refractivity contribution in [3.8, 4) is 16.9 Å². The van der Waals surface area contributed by atoms with Crippen LogP contribution in [-0.4, -0.2) is 43.0 Å². The minimum atomic E-state index is -0.457. The maximum atomic E-state index is 12.8. The van der Waals surface area contributed by atoms with Crippen LogP contribution in [-0.2, 0) is 4.79 Å². The number of carbonyl (C=O) groups excluding carboxylic acids is 2. The number of amides is 2. The highest BCUT2D eigenvalue weighted by molar-refractivity contribution is 5.99. The fourth-order valence-electron chi connectivity index (χ4n) is 2.93. The molecule has 1 atom stereocenters. The first-order chi connectivity index (χ1) is 11.6. The number of ether oxygens (including phenoxy) is 1. The molecule has 0 bridgehead atoms. The SMILES string of the molecule is COc1ccccc1-c1cccc(C(=O)N2CCNC(=O)[C@H]2C)c1. The molecule has 0 saturated carbocycles. The zero-order valence-electron chi connectivity index (χ0n) is 13.8. The predicted molar refractivity (Wildman–Crippen MR) is 91.9 cm³/mol. The van der Waals surface area contributed by atoms with Crippen molar-refractivity contribution in [3.63, 3.8) is 0 Å². The van der Waals surface area contributed by atoms with Crippen LogP contribution in [0.15, 0.2) is 48.5 Å². The van der Waals surface area contributed by atoms with Crippen LogP contribution in [0.25, 0.3) is 11.1 Å². The average Bonchev–Trinajstić information content (AvgIpc) is 2.63. The van der Waals surface area contributed by atoms with Crippen molar-refractivity contribution in [3.05, 3.63) is 54.1 Å². The van der Waals surface area contributed by atoms with Gasteiger partial charge < -0.3 is 15.0 Å². The van der Waals surface area contributed by atoms with Crippen molar-refractivity contribution in [1.29, 1.82) is 0 Å². The number of carbonyl (C=O) groups is 2. The summed E-state index contributed by atoms with van der Waals surface area (Å²) in [5.74, 6) is 0.511. The molecule has 1 saturated heterocycles. The molecule has 0 radical (unpaired) electrons. The van der Waals surface area contributed by atoms with E-state index >= 15 is 0 Å². The molecule has 0 aromatic heterocycles. The van der Waals surface area contributed by atoms with Crippen LogP contribution in [0.2, 0.25) is 0 Å². The van der Waals surface area contributed by atoms with E-state index in [-0.39, 0.29) is 11.8 Å². The van der Waals surface area contributed by atoms with E-state index < -0.39 is 6.04 Å². The van der Waals surface area contributed by atoms with E-state index in [1.165, 1.54) is 0 Å². The third kappa shape index (κ3) is 2.97. The summed E-state index contributed by atoms with van der Waals surface area (Å²) >= 11 is 0. The van der Waals surface area contributed by atoms with Gasteiger partial charge in [-0.1, -0.05) is 30.3 Å². The number of para-hydroxylation sites is 1. The molecule has 1 aliphatic rings. The second-order valence-corrected chi connectivity index (χ2v) is 5.75. The number of hydrogen-bond acceptors (Lipinski definition) is 3. The maximum absolute atomic E-state index is 12.8. The molecule has 2 amide bonds. The molecule has 1 aliphatic heterocycles. The van der Waals surface area contributed by atoms with Crippen molar-refractivity contribution in [2.45, 2.75) is 13.0 Å². The van der Waals surface area contributed by atoms with E-state index in [0.29, 0.717) is 18.7 Å². The molecule has 5 heteroatoms. The third-order valence-corrected chi connectivity index (χ3v) is 4.29. The lowest BCUT2D eigenvalue weighted by Gasteiger charge is -2.33. The lowest BCUT2D eigenvalue weighted by Crippen LogP contribution is -2.55. The maximum Gasteiger partial charge on any atom is 0.254 e. The van der Waals surface area contributed by atoms with Crippen LogP contribution in [0, 0.1) is 0 Å². The Hall–Kier alpha value is -2.82. The van der Waals surface area contributed by atoms with Crippen molar-refractivity contribution >= 4 is 11.8 Å². The van der Waals surface area contributed by atoms with E-state index in [1.807, 2.05) is 42.5 Å². The Kier molecular flexibility index (Phi) is 4.51. The van der Waals surface area contributed by atoms with Gasteiger partial charge in [-0.3, -0.25) is 9.59 Å². The van der Waals surface area contributed by atoms with Crippen LogP contribution in [0.1, 0.15) is 17.3 Å². The Labute approximate surface area is 141 Å².